The van der Waals surface area contributed by atoms with Gasteiger partial charge in [-0.3, -0.25) is 14.4 Å². The lowest BCUT2D eigenvalue weighted by Crippen LogP contribution is -2.50. The maximum Gasteiger partial charge on any atom is 0.417 e. The Bertz CT molecular complexity index is 1170. The fraction of sp³-hybridized carbons (Fsp3) is 0.391. The van der Waals surface area contributed by atoms with E-state index in [1.807, 2.05) is 0 Å². The van der Waals surface area contributed by atoms with Gasteiger partial charge in [0.15, 0.2) is 5.13 Å². The fourth-order valence-corrected chi connectivity index (χ4v) is 5.61. The molecule has 0 radical (unpaired) electrons. The first-order valence-electron chi connectivity index (χ1n) is 10.9. The molecule has 35 heavy (non-hydrogen) atoms. The highest BCUT2D eigenvalue weighted by atomic mass is 32.2. The number of aryl methyl sites for hydroxylation is 1. The minimum absolute atomic E-state index is 0.0255. The molecule has 2 heterocycles. The van der Waals surface area contributed by atoms with Gasteiger partial charge in [0.25, 0.3) is 5.91 Å². The Morgan fingerprint density at radius 3 is 2.43 bits per heavy atom. The Labute approximate surface area is 208 Å². The lowest BCUT2D eigenvalue weighted by atomic mass is 10.0. The third-order valence-corrected chi connectivity index (χ3v) is 7.95. The van der Waals surface area contributed by atoms with E-state index < -0.39 is 23.2 Å². The number of anilines is 1. The molecule has 0 bridgehead atoms. The maximum atomic E-state index is 13.8. The number of thiazole rings is 1. The zero-order valence-corrected chi connectivity index (χ0v) is 20.5. The largest absolute Gasteiger partial charge is 0.417 e. The molecule has 0 unspecified atom stereocenters. The van der Waals surface area contributed by atoms with Crippen LogP contribution in [0.15, 0.2) is 40.1 Å². The summed E-state index contributed by atoms with van der Waals surface area (Å²) in [5.74, 6) is -1.06. The van der Waals surface area contributed by atoms with Crippen molar-refractivity contribution in [3.05, 3.63) is 47.7 Å². The van der Waals surface area contributed by atoms with Gasteiger partial charge in [0.2, 0.25) is 11.8 Å². The summed E-state index contributed by atoms with van der Waals surface area (Å²) in [6, 6.07) is 2.26. The average Bonchev–Trinajstić information content (AvgIpc) is 3.59. The van der Waals surface area contributed by atoms with Crippen molar-refractivity contribution in [2.45, 2.75) is 35.0 Å². The second kappa shape index (κ2) is 10.0. The van der Waals surface area contributed by atoms with E-state index in [1.54, 1.807) is 13.1 Å². The highest BCUT2D eigenvalue weighted by molar-refractivity contribution is 8.01. The van der Waals surface area contributed by atoms with Crippen LogP contribution in [0.1, 0.15) is 34.3 Å². The minimum Gasteiger partial charge on any atom is -0.336 e. The van der Waals surface area contributed by atoms with Crippen LogP contribution >= 0.6 is 23.1 Å². The number of alkyl halides is 3. The first-order valence-corrected chi connectivity index (χ1v) is 12.6. The predicted molar refractivity (Wildman–Crippen MR) is 126 cm³/mol. The zero-order valence-electron chi connectivity index (χ0n) is 18.9. The molecule has 1 saturated carbocycles. The van der Waals surface area contributed by atoms with Crippen LogP contribution in [0.3, 0.4) is 0 Å². The molecule has 2 fully saturated rings. The second-order valence-corrected chi connectivity index (χ2v) is 10.7. The van der Waals surface area contributed by atoms with Crippen LogP contribution < -0.4 is 5.32 Å². The van der Waals surface area contributed by atoms with E-state index in [0.717, 1.165) is 18.9 Å². The summed E-state index contributed by atoms with van der Waals surface area (Å²) in [6.07, 6.45) is -0.262. The SMILES string of the molecule is C=CC(=O)N1CCN(C(=O)c2cc(Sc3cnc(NC(=O)C4CC4)s3)c(C)cc2C(F)(F)F)CC1. The predicted octanol–water partition coefficient (Wildman–Crippen LogP) is 4.44. The summed E-state index contributed by atoms with van der Waals surface area (Å²) in [4.78, 5) is 44.4. The van der Waals surface area contributed by atoms with Gasteiger partial charge in [-0.25, -0.2) is 4.98 Å². The smallest absolute Gasteiger partial charge is 0.336 e. The van der Waals surface area contributed by atoms with Crippen molar-refractivity contribution in [2.24, 2.45) is 5.92 Å². The number of benzene rings is 1. The van der Waals surface area contributed by atoms with Crippen LogP contribution in [0.25, 0.3) is 0 Å². The number of nitrogens with zero attached hydrogens (tertiary/aromatic N) is 3. The number of nitrogens with one attached hydrogen (secondary N) is 1. The molecule has 1 aliphatic heterocycles. The molecule has 7 nitrogen and oxygen atoms in total. The van der Waals surface area contributed by atoms with Crippen molar-refractivity contribution in [1.29, 1.82) is 0 Å². The lowest BCUT2D eigenvalue weighted by Gasteiger charge is -2.34. The highest BCUT2D eigenvalue weighted by Gasteiger charge is 2.38. The summed E-state index contributed by atoms with van der Waals surface area (Å²) in [5.41, 5.74) is -1.05. The molecule has 4 rings (SSSR count). The summed E-state index contributed by atoms with van der Waals surface area (Å²) in [7, 11) is 0. The molecule has 12 heteroatoms. The van der Waals surface area contributed by atoms with E-state index in [-0.39, 0.29) is 43.9 Å². The van der Waals surface area contributed by atoms with Gasteiger partial charge in [0, 0.05) is 37.0 Å². The number of amides is 3. The van der Waals surface area contributed by atoms with Crippen molar-refractivity contribution >= 4 is 46.0 Å². The van der Waals surface area contributed by atoms with E-state index >= 15 is 0 Å². The Morgan fingerprint density at radius 1 is 1.17 bits per heavy atom. The molecule has 2 aromatic rings. The minimum atomic E-state index is -4.70. The van der Waals surface area contributed by atoms with Crippen LogP contribution in [0.2, 0.25) is 0 Å². The van der Waals surface area contributed by atoms with Crippen LogP contribution in [-0.2, 0) is 15.8 Å². The second-order valence-electron chi connectivity index (χ2n) is 8.33. The van der Waals surface area contributed by atoms with Crippen molar-refractivity contribution < 1.29 is 27.6 Å². The summed E-state index contributed by atoms with van der Waals surface area (Å²) >= 11 is 2.42. The molecule has 1 aromatic carbocycles. The number of hydrogen-bond donors (Lipinski definition) is 1. The Kier molecular flexibility index (Phi) is 7.22. The number of hydrogen-bond acceptors (Lipinski definition) is 6. The highest BCUT2D eigenvalue weighted by Crippen LogP contribution is 2.41. The quantitative estimate of drug-likeness (QED) is 0.565. The average molecular weight is 525 g/mol. The van der Waals surface area contributed by atoms with E-state index in [1.165, 1.54) is 45.0 Å². The first kappa shape index (κ1) is 25.2. The molecule has 1 aromatic heterocycles. The molecule has 1 aliphatic carbocycles. The first-order chi connectivity index (χ1) is 16.6. The van der Waals surface area contributed by atoms with Gasteiger partial charge < -0.3 is 15.1 Å². The molecular formula is C23H23F3N4O3S2. The van der Waals surface area contributed by atoms with Gasteiger partial charge in [-0.2, -0.15) is 13.2 Å². The van der Waals surface area contributed by atoms with Gasteiger partial charge in [-0.1, -0.05) is 29.7 Å². The Hall–Kier alpha value is -2.86. The van der Waals surface area contributed by atoms with Crippen molar-refractivity contribution in [2.75, 3.05) is 31.5 Å². The van der Waals surface area contributed by atoms with Crippen LogP contribution in [0, 0.1) is 12.8 Å². The Balaban J connectivity index is 1.55. The summed E-state index contributed by atoms with van der Waals surface area (Å²) in [6.45, 7) is 5.70. The standard InChI is InChI=1S/C23H23F3N4O3S2/c1-3-18(31)29-6-8-30(9-7-29)21(33)15-11-17(13(2)10-16(15)23(24,25)26)34-19-12-27-22(35-19)28-20(32)14-4-5-14/h3,10-12,14H,1,4-9H2,2H3,(H,27,28,32). The number of rotatable bonds is 6. The van der Waals surface area contributed by atoms with Gasteiger partial charge in [-0.05, 0) is 43.5 Å². The summed E-state index contributed by atoms with van der Waals surface area (Å²) in [5, 5.41) is 3.18. The van der Waals surface area contributed by atoms with Gasteiger partial charge in [0.05, 0.1) is 21.5 Å². The molecule has 1 saturated heterocycles. The zero-order chi connectivity index (χ0) is 25.3. The molecule has 0 spiro atoms. The third-order valence-electron chi connectivity index (χ3n) is 5.78. The normalized spacial score (nSPS) is 16.2. The third kappa shape index (κ3) is 5.87. The summed E-state index contributed by atoms with van der Waals surface area (Å²) < 4.78 is 42.2. The molecule has 0 atom stereocenters. The number of piperazine rings is 1. The number of halogens is 3. The topological polar surface area (TPSA) is 82.6 Å². The van der Waals surface area contributed by atoms with E-state index in [0.29, 0.717) is 19.8 Å². The van der Waals surface area contributed by atoms with E-state index in [2.05, 4.69) is 16.9 Å². The van der Waals surface area contributed by atoms with E-state index in [4.69, 9.17) is 0 Å². The van der Waals surface area contributed by atoms with Crippen molar-refractivity contribution in [1.82, 2.24) is 14.8 Å². The fourth-order valence-electron chi connectivity index (χ4n) is 3.66. The van der Waals surface area contributed by atoms with Crippen LogP contribution in [-0.4, -0.2) is 58.7 Å². The number of aromatic nitrogens is 1. The van der Waals surface area contributed by atoms with Gasteiger partial charge >= 0.3 is 6.18 Å². The maximum absolute atomic E-state index is 13.8. The Morgan fingerprint density at radius 2 is 1.83 bits per heavy atom. The van der Waals surface area contributed by atoms with Crippen LogP contribution in [0.5, 0.6) is 0 Å². The van der Waals surface area contributed by atoms with Gasteiger partial charge in [0.1, 0.15) is 0 Å². The van der Waals surface area contributed by atoms with Crippen molar-refractivity contribution in [3.8, 4) is 0 Å². The molecule has 186 valence electrons. The number of carbonyl (C=O) groups excluding carboxylic acids is 3. The van der Waals surface area contributed by atoms with Crippen molar-refractivity contribution in [3.63, 3.8) is 0 Å². The van der Waals surface area contributed by atoms with E-state index in [9.17, 15) is 27.6 Å². The van der Waals surface area contributed by atoms with Crippen LogP contribution in [0.4, 0.5) is 18.3 Å². The molecule has 1 N–H and O–H groups in total. The molecular weight excluding hydrogens is 501 g/mol. The lowest BCUT2D eigenvalue weighted by molar-refractivity contribution is -0.138. The number of carbonyl (C=O) groups is 3. The molecule has 2 aliphatic rings. The molecule has 3 amide bonds. The van der Waals surface area contributed by atoms with Gasteiger partial charge in [-0.15, -0.1) is 0 Å². The monoisotopic (exact) mass is 524 g/mol.